The highest BCUT2D eigenvalue weighted by Crippen LogP contribution is 2.38. The summed E-state index contributed by atoms with van der Waals surface area (Å²) in [5, 5.41) is 14.7. The zero-order valence-electron chi connectivity index (χ0n) is 16.4. The molecule has 4 rings (SSSR count). The molecule has 1 aliphatic heterocycles. The molecule has 0 bridgehead atoms. The van der Waals surface area contributed by atoms with Crippen molar-refractivity contribution in [3.05, 3.63) is 35.7 Å². The Hall–Kier alpha value is -3.17. The highest BCUT2D eigenvalue weighted by molar-refractivity contribution is 5.78. The molecule has 0 aliphatic carbocycles. The molecule has 30 heavy (non-hydrogen) atoms. The van der Waals surface area contributed by atoms with Crippen molar-refractivity contribution in [2.24, 2.45) is 0 Å². The number of likely N-dealkylation sites (N-methyl/N-ethyl adjacent to an activating group) is 1. The standard InChI is InChI=1S/C20H20F3N5O2/c1-3-27-9-13(4-5-17(27)30)28-10-15-19(26-28)25-14(8-24-15)18-11(2)6-12(7-16(18)29)20(21,22)23/h6-8,10,13,29H,3-5,9H2,1-2H3/t13-/m1/s1. The number of carbonyl (C=O) groups excluding carboxylic acids is 1. The second kappa shape index (κ2) is 7.26. The van der Waals surface area contributed by atoms with Gasteiger partial charge < -0.3 is 10.0 Å². The molecule has 1 amide bonds. The number of alkyl halides is 3. The van der Waals surface area contributed by atoms with Crippen LogP contribution in [0, 0.1) is 6.92 Å². The van der Waals surface area contributed by atoms with Crippen molar-refractivity contribution < 1.29 is 23.1 Å². The van der Waals surface area contributed by atoms with E-state index in [1.807, 2.05) is 6.92 Å². The molecule has 1 atom stereocenters. The third-order valence-corrected chi connectivity index (χ3v) is 5.38. The highest BCUT2D eigenvalue weighted by Gasteiger charge is 2.32. The second-order valence-electron chi connectivity index (χ2n) is 7.38. The average Bonchev–Trinajstić information content (AvgIpc) is 3.10. The molecule has 0 spiro atoms. The maximum Gasteiger partial charge on any atom is 0.416 e. The van der Waals surface area contributed by atoms with E-state index in [1.165, 1.54) is 13.1 Å². The third kappa shape index (κ3) is 3.57. The minimum atomic E-state index is -4.55. The van der Waals surface area contributed by atoms with Crippen molar-refractivity contribution in [3.8, 4) is 17.0 Å². The summed E-state index contributed by atoms with van der Waals surface area (Å²) in [4.78, 5) is 22.4. The molecule has 0 saturated carbocycles. The van der Waals surface area contributed by atoms with Crippen molar-refractivity contribution in [2.75, 3.05) is 13.1 Å². The summed E-state index contributed by atoms with van der Waals surface area (Å²) >= 11 is 0. The fraction of sp³-hybridized carbons (Fsp3) is 0.400. The number of hydrogen-bond donors (Lipinski definition) is 1. The lowest BCUT2D eigenvalue weighted by Gasteiger charge is -2.31. The Morgan fingerprint density at radius 2 is 2.07 bits per heavy atom. The summed E-state index contributed by atoms with van der Waals surface area (Å²) in [6.45, 7) is 4.58. The summed E-state index contributed by atoms with van der Waals surface area (Å²) in [6, 6.07) is 1.66. The van der Waals surface area contributed by atoms with Crippen LogP contribution < -0.4 is 0 Å². The number of amides is 1. The van der Waals surface area contributed by atoms with Gasteiger partial charge in [-0.2, -0.15) is 18.3 Å². The van der Waals surface area contributed by atoms with E-state index in [9.17, 15) is 23.1 Å². The van der Waals surface area contributed by atoms with E-state index in [1.54, 1.807) is 15.8 Å². The Morgan fingerprint density at radius 3 is 2.73 bits per heavy atom. The Morgan fingerprint density at radius 1 is 1.30 bits per heavy atom. The molecule has 1 fully saturated rings. The quantitative estimate of drug-likeness (QED) is 0.700. The minimum Gasteiger partial charge on any atom is -0.507 e. The number of hydrogen-bond acceptors (Lipinski definition) is 5. The average molecular weight is 419 g/mol. The van der Waals surface area contributed by atoms with Crippen LogP contribution in [0.1, 0.15) is 36.9 Å². The van der Waals surface area contributed by atoms with Gasteiger partial charge in [0, 0.05) is 25.1 Å². The number of rotatable bonds is 3. The molecular formula is C20H20F3N5O2. The lowest BCUT2D eigenvalue weighted by Crippen LogP contribution is -2.40. The fourth-order valence-corrected chi connectivity index (χ4v) is 3.81. The van der Waals surface area contributed by atoms with Gasteiger partial charge in [-0.1, -0.05) is 0 Å². The maximum atomic E-state index is 13.0. The van der Waals surface area contributed by atoms with Gasteiger partial charge in [0.2, 0.25) is 5.91 Å². The van der Waals surface area contributed by atoms with Crippen molar-refractivity contribution in [1.29, 1.82) is 0 Å². The maximum absolute atomic E-state index is 13.0. The zero-order valence-corrected chi connectivity index (χ0v) is 16.4. The number of carbonyl (C=O) groups is 1. The van der Waals surface area contributed by atoms with E-state index in [2.05, 4.69) is 15.1 Å². The number of fused-ring (bicyclic) bond motifs is 1. The number of phenolic OH excluding ortho intramolecular Hbond substituents is 1. The predicted molar refractivity (Wildman–Crippen MR) is 103 cm³/mol. The van der Waals surface area contributed by atoms with Gasteiger partial charge in [-0.3, -0.25) is 9.48 Å². The number of halogens is 3. The number of benzene rings is 1. The Balaban J connectivity index is 1.69. The molecule has 158 valence electrons. The summed E-state index contributed by atoms with van der Waals surface area (Å²) in [5.41, 5.74) is 0.596. The van der Waals surface area contributed by atoms with E-state index in [-0.39, 0.29) is 28.8 Å². The first-order valence-corrected chi connectivity index (χ1v) is 9.58. The number of likely N-dealkylation sites (tertiary alicyclic amines) is 1. The van der Waals surface area contributed by atoms with Gasteiger partial charge in [0.05, 0.1) is 29.7 Å². The van der Waals surface area contributed by atoms with Gasteiger partial charge in [0.1, 0.15) is 11.3 Å². The zero-order chi connectivity index (χ0) is 21.6. The fourth-order valence-electron chi connectivity index (χ4n) is 3.81. The number of piperidine rings is 1. The first-order chi connectivity index (χ1) is 14.2. The molecule has 1 aliphatic rings. The summed E-state index contributed by atoms with van der Waals surface area (Å²) in [5.74, 6) is -0.392. The number of phenols is 1. The lowest BCUT2D eigenvalue weighted by molar-refractivity contribution is -0.137. The van der Waals surface area contributed by atoms with E-state index in [0.29, 0.717) is 43.2 Å². The van der Waals surface area contributed by atoms with Crippen LogP contribution >= 0.6 is 0 Å². The van der Waals surface area contributed by atoms with E-state index >= 15 is 0 Å². The van der Waals surface area contributed by atoms with Gasteiger partial charge in [0.25, 0.3) is 0 Å². The Labute approximate surface area is 170 Å². The molecule has 3 heterocycles. The van der Waals surface area contributed by atoms with Crippen LogP contribution in [-0.2, 0) is 11.0 Å². The van der Waals surface area contributed by atoms with Gasteiger partial charge >= 0.3 is 6.18 Å². The third-order valence-electron chi connectivity index (χ3n) is 5.38. The normalized spacial score (nSPS) is 17.7. The first kappa shape index (κ1) is 20.1. The first-order valence-electron chi connectivity index (χ1n) is 9.58. The molecule has 1 saturated heterocycles. The minimum absolute atomic E-state index is 0.00306. The Kier molecular flexibility index (Phi) is 4.87. The SMILES string of the molecule is CCN1C[C@H](n2cc3ncc(-c4c(C)cc(C(F)(F)F)cc4O)nc3n2)CCC1=O. The molecule has 10 heteroatoms. The molecule has 2 aromatic heterocycles. The monoisotopic (exact) mass is 419 g/mol. The van der Waals surface area contributed by atoms with E-state index < -0.39 is 17.5 Å². The van der Waals surface area contributed by atoms with E-state index in [4.69, 9.17) is 0 Å². The molecular weight excluding hydrogens is 399 g/mol. The van der Waals surface area contributed by atoms with Crippen molar-refractivity contribution in [2.45, 2.75) is 38.9 Å². The molecule has 0 radical (unpaired) electrons. The van der Waals surface area contributed by atoms with Crippen LogP contribution in [0.4, 0.5) is 13.2 Å². The highest BCUT2D eigenvalue weighted by atomic mass is 19.4. The number of aryl methyl sites for hydroxylation is 1. The number of aromatic nitrogens is 4. The van der Waals surface area contributed by atoms with Crippen LogP contribution in [0.15, 0.2) is 24.5 Å². The molecule has 7 nitrogen and oxygen atoms in total. The molecule has 3 aromatic rings. The smallest absolute Gasteiger partial charge is 0.416 e. The molecule has 1 N–H and O–H groups in total. The topological polar surface area (TPSA) is 84.1 Å². The summed E-state index contributed by atoms with van der Waals surface area (Å²) in [7, 11) is 0. The summed E-state index contributed by atoms with van der Waals surface area (Å²) in [6.07, 6.45) is -0.288. The van der Waals surface area contributed by atoms with Crippen LogP contribution in [0.25, 0.3) is 22.4 Å². The predicted octanol–water partition coefficient (Wildman–Crippen LogP) is 3.71. The van der Waals surface area contributed by atoms with Crippen molar-refractivity contribution in [1.82, 2.24) is 24.6 Å². The Bertz CT molecular complexity index is 1100. The van der Waals surface area contributed by atoms with Gasteiger partial charge in [-0.05, 0) is 38.0 Å². The van der Waals surface area contributed by atoms with Crippen LogP contribution in [-0.4, -0.2) is 48.8 Å². The number of nitrogens with zero attached hydrogens (tertiary/aromatic N) is 5. The van der Waals surface area contributed by atoms with Crippen molar-refractivity contribution >= 4 is 17.1 Å². The largest absolute Gasteiger partial charge is 0.507 e. The van der Waals surface area contributed by atoms with Crippen molar-refractivity contribution in [3.63, 3.8) is 0 Å². The molecule has 0 unspecified atom stereocenters. The van der Waals surface area contributed by atoms with Crippen LogP contribution in [0.5, 0.6) is 5.75 Å². The van der Waals surface area contributed by atoms with Gasteiger partial charge in [-0.25, -0.2) is 9.97 Å². The van der Waals surface area contributed by atoms with Crippen LogP contribution in [0.3, 0.4) is 0 Å². The summed E-state index contributed by atoms with van der Waals surface area (Å²) < 4.78 is 40.7. The van der Waals surface area contributed by atoms with E-state index in [0.717, 1.165) is 6.07 Å². The molecule has 1 aromatic carbocycles. The lowest BCUT2D eigenvalue weighted by atomic mass is 10.0. The van der Waals surface area contributed by atoms with Gasteiger partial charge in [0.15, 0.2) is 5.65 Å². The van der Waals surface area contributed by atoms with Gasteiger partial charge in [-0.15, -0.1) is 0 Å². The second-order valence-corrected chi connectivity index (χ2v) is 7.38. The van der Waals surface area contributed by atoms with Crippen LogP contribution in [0.2, 0.25) is 0 Å². The number of aromatic hydroxyl groups is 1.